The highest BCUT2D eigenvalue weighted by atomic mass is 32.2. The van der Waals surface area contributed by atoms with Crippen molar-refractivity contribution in [2.75, 3.05) is 18.9 Å². The standard InChI is InChI=1S/C9H13N3O5S2/c10-9-7(12(14)15)4-8(18-9)19(16,17)11-3-1-2-6(11)5-13/h4,6,13H,1-3,5,10H2. The first-order valence-electron chi connectivity index (χ1n) is 5.54. The third-order valence-corrected chi connectivity index (χ3v) is 6.37. The molecule has 1 aliphatic rings. The number of aliphatic hydroxyl groups excluding tert-OH is 1. The van der Waals surface area contributed by atoms with Gasteiger partial charge in [0, 0.05) is 18.7 Å². The second-order valence-corrected chi connectivity index (χ2v) is 7.37. The van der Waals surface area contributed by atoms with Gasteiger partial charge in [-0.2, -0.15) is 4.31 Å². The molecular formula is C9H13N3O5S2. The number of aliphatic hydroxyl groups is 1. The second-order valence-electron chi connectivity index (χ2n) is 4.17. The number of rotatable bonds is 4. The number of sulfonamides is 1. The van der Waals surface area contributed by atoms with Gasteiger partial charge in [-0.1, -0.05) is 11.3 Å². The van der Waals surface area contributed by atoms with Gasteiger partial charge in [-0.15, -0.1) is 0 Å². The Morgan fingerprint density at radius 1 is 1.63 bits per heavy atom. The maximum atomic E-state index is 12.3. The molecule has 1 saturated heterocycles. The minimum atomic E-state index is -3.83. The monoisotopic (exact) mass is 307 g/mol. The van der Waals surface area contributed by atoms with Gasteiger partial charge in [0.2, 0.25) is 0 Å². The van der Waals surface area contributed by atoms with E-state index in [0.29, 0.717) is 30.7 Å². The molecule has 1 atom stereocenters. The van der Waals surface area contributed by atoms with Crippen molar-refractivity contribution in [2.24, 2.45) is 0 Å². The van der Waals surface area contributed by atoms with Gasteiger partial charge in [0.1, 0.15) is 4.21 Å². The van der Waals surface area contributed by atoms with Crippen LogP contribution < -0.4 is 5.73 Å². The molecule has 0 saturated carbocycles. The summed E-state index contributed by atoms with van der Waals surface area (Å²) in [4.78, 5) is 9.98. The molecule has 106 valence electrons. The first-order valence-corrected chi connectivity index (χ1v) is 7.80. The fraction of sp³-hybridized carbons (Fsp3) is 0.556. The summed E-state index contributed by atoms with van der Waals surface area (Å²) in [5.41, 5.74) is 5.05. The van der Waals surface area contributed by atoms with Crippen LogP contribution in [-0.2, 0) is 10.0 Å². The highest BCUT2D eigenvalue weighted by Crippen LogP contribution is 2.37. The normalized spacial score (nSPS) is 20.8. The first kappa shape index (κ1) is 14.2. The predicted molar refractivity (Wildman–Crippen MR) is 69.4 cm³/mol. The van der Waals surface area contributed by atoms with Crippen LogP contribution in [0.3, 0.4) is 0 Å². The molecule has 1 aliphatic heterocycles. The molecule has 0 aliphatic carbocycles. The topological polar surface area (TPSA) is 127 Å². The van der Waals surface area contributed by atoms with Crippen LogP contribution in [0.15, 0.2) is 10.3 Å². The largest absolute Gasteiger partial charge is 0.395 e. The number of nitrogen functional groups attached to an aromatic ring is 1. The molecule has 2 rings (SSSR count). The van der Waals surface area contributed by atoms with E-state index in [4.69, 9.17) is 10.8 Å². The third-order valence-electron chi connectivity index (χ3n) is 3.01. The molecular weight excluding hydrogens is 294 g/mol. The van der Waals surface area contributed by atoms with Gasteiger partial charge < -0.3 is 10.8 Å². The van der Waals surface area contributed by atoms with Crippen molar-refractivity contribution in [3.8, 4) is 0 Å². The Bertz CT molecular complexity index is 597. The molecule has 0 spiro atoms. The van der Waals surface area contributed by atoms with Crippen LogP contribution in [0.25, 0.3) is 0 Å². The lowest BCUT2D eigenvalue weighted by molar-refractivity contribution is -0.383. The van der Waals surface area contributed by atoms with Crippen LogP contribution in [0.2, 0.25) is 0 Å². The van der Waals surface area contributed by atoms with E-state index in [1.165, 1.54) is 4.31 Å². The fourth-order valence-corrected chi connectivity index (χ4v) is 5.10. The highest BCUT2D eigenvalue weighted by Gasteiger charge is 2.37. The molecule has 0 bridgehead atoms. The van der Waals surface area contributed by atoms with Crippen molar-refractivity contribution in [3.05, 3.63) is 16.2 Å². The summed E-state index contributed by atoms with van der Waals surface area (Å²) in [6.07, 6.45) is 1.24. The van der Waals surface area contributed by atoms with E-state index >= 15 is 0 Å². The molecule has 1 unspecified atom stereocenters. The highest BCUT2D eigenvalue weighted by molar-refractivity contribution is 7.91. The zero-order valence-corrected chi connectivity index (χ0v) is 11.5. The van der Waals surface area contributed by atoms with E-state index in [1.807, 2.05) is 0 Å². The summed E-state index contributed by atoms with van der Waals surface area (Å²) in [5.74, 6) is 0. The predicted octanol–water partition coefficient (Wildman–Crippen LogP) is 0.384. The molecule has 1 aromatic rings. The van der Waals surface area contributed by atoms with Crippen molar-refractivity contribution < 1.29 is 18.4 Å². The van der Waals surface area contributed by atoms with Gasteiger partial charge in [0.05, 0.1) is 11.5 Å². The lowest BCUT2D eigenvalue weighted by Crippen LogP contribution is -2.37. The van der Waals surface area contributed by atoms with Gasteiger partial charge in [-0.05, 0) is 12.8 Å². The molecule has 0 amide bonds. The van der Waals surface area contributed by atoms with Crippen LogP contribution in [0, 0.1) is 10.1 Å². The van der Waals surface area contributed by atoms with Gasteiger partial charge >= 0.3 is 5.69 Å². The van der Waals surface area contributed by atoms with Crippen molar-refractivity contribution in [1.82, 2.24) is 4.31 Å². The second kappa shape index (κ2) is 5.04. The van der Waals surface area contributed by atoms with E-state index in [9.17, 15) is 18.5 Å². The first-order chi connectivity index (χ1) is 8.87. The van der Waals surface area contributed by atoms with Crippen LogP contribution in [0.1, 0.15) is 12.8 Å². The van der Waals surface area contributed by atoms with E-state index in [0.717, 1.165) is 6.07 Å². The molecule has 10 heteroatoms. The lowest BCUT2D eigenvalue weighted by atomic mass is 10.2. The number of hydrogen-bond acceptors (Lipinski definition) is 7. The Kier molecular flexibility index (Phi) is 3.76. The SMILES string of the molecule is Nc1sc(S(=O)(=O)N2CCCC2CO)cc1[N+](=O)[O-]. The zero-order valence-electron chi connectivity index (χ0n) is 9.85. The maximum Gasteiger partial charge on any atom is 0.304 e. The molecule has 0 radical (unpaired) electrons. The van der Waals surface area contributed by atoms with E-state index in [1.54, 1.807) is 0 Å². The number of nitrogens with zero attached hydrogens (tertiary/aromatic N) is 2. The van der Waals surface area contributed by atoms with Crippen molar-refractivity contribution >= 4 is 32.0 Å². The Labute approximate surface area is 113 Å². The number of nitrogens with two attached hydrogens (primary N) is 1. The summed E-state index contributed by atoms with van der Waals surface area (Å²) < 4.78 is 25.7. The molecule has 1 aromatic heterocycles. The van der Waals surface area contributed by atoms with Gasteiger partial charge in [-0.25, -0.2) is 8.42 Å². The van der Waals surface area contributed by atoms with Gasteiger partial charge in [-0.3, -0.25) is 10.1 Å². The molecule has 0 aromatic carbocycles. The summed E-state index contributed by atoms with van der Waals surface area (Å²) in [7, 11) is -3.83. The zero-order chi connectivity index (χ0) is 14.2. The summed E-state index contributed by atoms with van der Waals surface area (Å²) in [5, 5.41) is 19.7. The summed E-state index contributed by atoms with van der Waals surface area (Å²) in [6.45, 7) is 0.0430. The lowest BCUT2D eigenvalue weighted by Gasteiger charge is -2.21. The van der Waals surface area contributed by atoms with E-state index in [-0.39, 0.29) is 15.8 Å². The Morgan fingerprint density at radius 3 is 2.84 bits per heavy atom. The Morgan fingerprint density at radius 2 is 2.32 bits per heavy atom. The van der Waals surface area contributed by atoms with E-state index < -0.39 is 26.7 Å². The molecule has 2 heterocycles. The van der Waals surface area contributed by atoms with Gasteiger partial charge in [0.25, 0.3) is 10.0 Å². The minimum absolute atomic E-state index is 0.136. The van der Waals surface area contributed by atoms with Crippen molar-refractivity contribution in [2.45, 2.75) is 23.1 Å². The van der Waals surface area contributed by atoms with Crippen molar-refractivity contribution in [3.63, 3.8) is 0 Å². The maximum absolute atomic E-state index is 12.3. The van der Waals surface area contributed by atoms with Crippen LogP contribution in [0.5, 0.6) is 0 Å². The number of hydrogen-bond donors (Lipinski definition) is 2. The summed E-state index contributed by atoms with van der Waals surface area (Å²) >= 11 is 0.674. The minimum Gasteiger partial charge on any atom is -0.395 e. The number of anilines is 1. The average Bonchev–Trinajstić information content (AvgIpc) is 2.94. The van der Waals surface area contributed by atoms with E-state index in [2.05, 4.69) is 0 Å². The average molecular weight is 307 g/mol. The molecule has 19 heavy (non-hydrogen) atoms. The molecule has 8 nitrogen and oxygen atoms in total. The van der Waals surface area contributed by atoms with Crippen LogP contribution in [-0.4, -0.2) is 41.9 Å². The van der Waals surface area contributed by atoms with Crippen LogP contribution in [0.4, 0.5) is 10.7 Å². The number of nitro groups is 1. The Hall–Kier alpha value is -1.23. The number of thiophene rings is 1. The Balaban J connectivity index is 2.40. The van der Waals surface area contributed by atoms with Crippen molar-refractivity contribution in [1.29, 1.82) is 0 Å². The quantitative estimate of drug-likeness (QED) is 0.611. The van der Waals surface area contributed by atoms with Crippen LogP contribution >= 0.6 is 11.3 Å². The smallest absolute Gasteiger partial charge is 0.304 e. The molecule has 1 fully saturated rings. The summed E-state index contributed by atoms with van der Waals surface area (Å²) in [6, 6.07) is 0.509. The molecule has 3 N–H and O–H groups in total. The fourth-order valence-electron chi connectivity index (χ4n) is 2.07. The van der Waals surface area contributed by atoms with Gasteiger partial charge in [0.15, 0.2) is 5.00 Å². The third kappa shape index (κ3) is 2.43.